The summed E-state index contributed by atoms with van der Waals surface area (Å²) in [6.45, 7) is 3.39. The maximum absolute atomic E-state index is 13.2. The van der Waals surface area contributed by atoms with Gasteiger partial charge in [0.05, 0.1) is 12.1 Å². The van der Waals surface area contributed by atoms with Crippen LogP contribution in [0.1, 0.15) is 32.6 Å². The molecule has 0 aliphatic heterocycles. The van der Waals surface area contributed by atoms with E-state index in [0.717, 1.165) is 11.6 Å². The number of hydrogen-bond acceptors (Lipinski definition) is 2. The Bertz CT molecular complexity index is 977. The van der Waals surface area contributed by atoms with Gasteiger partial charge >= 0.3 is 6.18 Å². The first-order chi connectivity index (χ1) is 12.7. The van der Waals surface area contributed by atoms with Crippen molar-refractivity contribution in [1.29, 1.82) is 0 Å². The number of amides is 1. The summed E-state index contributed by atoms with van der Waals surface area (Å²) in [5.74, 6) is -0.0337. The summed E-state index contributed by atoms with van der Waals surface area (Å²) in [7, 11) is 0. The first-order valence-corrected chi connectivity index (χ1v) is 8.31. The predicted molar refractivity (Wildman–Crippen MR) is 96.6 cm³/mol. The average Bonchev–Trinajstić information content (AvgIpc) is 3.03. The molecule has 140 valence electrons. The molecule has 1 N–H and O–H groups in total. The lowest BCUT2D eigenvalue weighted by Crippen LogP contribution is -2.15. The van der Waals surface area contributed by atoms with Crippen molar-refractivity contribution in [1.82, 2.24) is 9.78 Å². The van der Waals surface area contributed by atoms with E-state index >= 15 is 0 Å². The van der Waals surface area contributed by atoms with Gasteiger partial charge in [0, 0.05) is 17.8 Å². The lowest BCUT2D eigenvalue weighted by atomic mass is 10.0. The van der Waals surface area contributed by atoms with Crippen LogP contribution in [-0.4, -0.2) is 15.7 Å². The van der Waals surface area contributed by atoms with Crippen LogP contribution in [0.25, 0.3) is 0 Å². The van der Waals surface area contributed by atoms with Crippen molar-refractivity contribution in [3.63, 3.8) is 0 Å². The minimum Gasteiger partial charge on any atom is -0.305 e. The number of nitrogens with one attached hydrogen (secondary N) is 1. The maximum Gasteiger partial charge on any atom is 0.416 e. The highest BCUT2D eigenvalue weighted by Gasteiger charge is 2.33. The summed E-state index contributed by atoms with van der Waals surface area (Å²) >= 11 is 0. The van der Waals surface area contributed by atoms with Crippen molar-refractivity contribution >= 4 is 11.7 Å². The van der Waals surface area contributed by atoms with Gasteiger partial charge in [-0.25, -0.2) is 0 Å². The minimum atomic E-state index is -4.43. The fraction of sp³-hybridized carbons (Fsp3) is 0.200. The van der Waals surface area contributed by atoms with Gasteiger partial charge < -0.3 is 5.32 Å². The van der Waals surface area contributed by atoms with Crippen molar-refractivity contribution in [2.24, 2.45) is 0 Å². The van der Waals surface area contributed by atoms with E-state index in [0.29, 0.717) is 11.1 Å². The van der Waals surface area contributed by atoms with Crippen LogP contribution in [0.5, 0.6) is 0 Å². The van der Waals surface area contributed by atoms with Crippen LogP contribution in [0.15, 0.2) is 54.7 Å². The Kier molecular flexibility index (Phi) is 5.03. The molecule has 0 saturated carbocycles. The van der Waals surface area contributed by atoms with Gasteiger partial charge in [-0.2, -0.15) is 18.3 Å². The van der Waals surface area contributed by atoms with E-state index in [1.807, 2.05) is 19.1 Å². The zero-order valence-corrected chi connectivity index (χ0v) is 14.8. The highest BCUT2D eigenvalue weighted by molar-refractivity contribution is 6.04. The first kappa shape index (κ1) is 18.7. The van der Waals surface area contributed by atoms with E-state index in [2.05, 4.69) is 10.4 Å². The van der Waals surface area contributed by atoms with E-state index in [4.69, 9.17) is 0 Å². The topological polar surface area (TPSA) is 46.9 Å². The lowest BCUT2D eigenvalue weighted by Gasteiger charge is -2.13. The van der Waals surface area contributed by atoms with Crippen molar-refractivity contribution in [3.05, 3.63) is 82.5 Å². The van der Waals surface area contributed by atoms with Crippen LogP contribution >= 0.6 is 0 Å². The van der Waals surface area contributed by atoms with Crippen molar-refractivity contribution in [3.8, 4) is 0 Å². The number of aryl methyl sites for hydroxylation is 2. The van der Waals surface area contributed by atoms with E-state index < -0.39 is 11.7 Å². The Morgan fingerprint density at radius 3 is 2.56 bits per heavy atom. The molecule has 0 fully saturated rings. The summed E-state index contributed by atoms with van der Waals surface area (Å²) in [6.07, 6.45) is -2.90. The first-order valence-electron chi connectivity index (χ1n) is 8.31. The van der Waals surface area contributed by atoms with Crippen LogP contribution < -0.4 is 5.32 Å². The second-order valence-corrected chi connectivity index (χ2v) is 6.33. The second kappa shape index (κ2) is 7.26. The van der Waals surface area contributed by atoms with Crippen LogP contribution in [0, 0.1) is 13.8 Å². The lowest BCUT2D eigenvalue weighted by molar-refractivity contribution is -0.138. The zero-order chi connectivity index (χ0) is 19.6. The summed E-state index contributed by atoms with van der Waals surface area (Å²) in [4.78, 5) is 12.3. The van der Waals surface area contributed by atoms with E-state index in [1.54, 1.807) is 31.2 Å². The standard InChI is InChI=1S/C20H18F3N3O/c1-13-7-8-15(17(11-13)20(21,22)23)12-26-10-9-18(25-26)24-19(27)16-6-4-3-5-14(16)2/h3-11H,12H2,1-2H3,(H,24,25,27). The summed E-state index contributed by atoms with van der Waals surface area (Å²) < 4.78 is 41.1. The molecule has 2 aromatic carbocycles. The number of carbonyl (C=O) groups is 1. The van der Waals surface area contributed by atoms with Gasteiger partial charge in [-0.1, -0.05) is 35.9 Å². The number of benzene rings is 2. The molecule has 3 aromatic rings. The summed E-state index contributed by atoms with van der Waals surface area (Å²) in [5.41, 5.74) is 1.32. The van der Waals surface area contributed by atoms with Gasteiger partial charge in [0.2, 0.25) is 0 Å². The normalized spacial score (nSPS) is 11.4. The molecular formula is C20H18F3N3O. The van der Waals surface area contributed by atoms with Crippen LogP contribution in [0.3, 0.4) is 0 Å². The third kappa shape index (κ3) is 4.36. The molecule has 0 unspecified atom stereocenters. The molecule has 0 bridgehead atoms. The molecule has 4 nitrogen and oxygen atoms in total. The number of hydrogen-bond donors (Lipinski definition) is 1. The van der Waals surface area contributed by atoms with Gasteiger partial charge in [0.1, 0.15) is 0 Å². The number of halogens is 3. The number of alkyl halides is 3. The Labute approximate surface area is 154 Å². The highest BCUT2D eigenvalue weighted by Crippen LogP contribution is 2.33. The summed E-state index contributed by atoms with van der Waals surface area (Å²) in [5, 5.41) is 6.83. The Hall–Kier alpha value is -3.09. The molecule has 7 heteroatoms. The molecule has 1 heterocycles. The zero-order valence-electron chi connectivity index (χ0n) is 14.8. The number of anilines is 1. The van der Waals surface area contributed by atoms with Crippen LogP contribution in [-0.2, 0) is 12.7 Å². The molecular weight excluding hydrogens is 355 g/mol. The number of rotatable bonds is 4. The van der Waals surface area contributed by atoms with Gasteiger partial charge in [-0.3, -0.25) is 9.48 Å². The molecule has 0 saturated heterocycles. The van der Waals surface area contributed by atoms with Crippen molar-refractivity contribution in [2.75, 3.05) is 5.32 Å². The summed E-state index contributed by atoms with van der Waals surface area (Å²) in [6, 6.07) is 12.9. The number of aromatic nitrogens is 2. The molecule has 1 amide bonds. The molecule has 0 spiro atoms. The molecule has 27 heavy (non-hydrogen) atoms. The average molecular weight is 373 g/mol. The molecule has 3 rings (SSSR count). The number of nitrogens with zero attached hydrogens (tertiary/aromatic N) is 2. The van der Waals surface area contributed by atoms with Gasteiger partial charge in [0.25, 0.3) is 5.91 Å². The third-order valence-electron chi connectivity index (χ3n) is 4.18. The van der Waals surface area contributed by atoms with Gasteiger partial charge in [-0.15, -0.1) is 0 Å². The van der Waals surface area contributed by atoms with Crippen LogP contribution in [0.2, 0.25) is 0 Å². The van der Waals surface area contributed by atoms with Gasteiger partial charge in [0.15, 0.2) is 5.82 Å². The highest BCUT2D eigenvalue weighted by atomic mass is 19.4. The van der Waals surface area contributed by atoms with Gasteiger partial charge in [-0.05, 0) is 37.1 Å². The van der Waals surface area contributed by atoms with E-state index in [-0.39, 0.29) is 23.8 Å². The van der Waals surface area contributed by atoms with Crippen molar-refractivity contribution in [2.45, 2.75) is 26.6 Å². The predicted octanol–water partition coefficient (Wildman–Crippen LogP) is 4.82. The Morgan fingerprint density at radius 2 is 1.85 bits per heavy atom. The monoisotopic (exact) mass is 373 g/mol. The number of carbonyl (C=O) groups excluding carboxylic acids is 1. The van der Waals surface area contributed by atoms with E-state index in [1.165, 1.54) is 16.9 Å². The molecule has 1 aromatic heterocycles. The quantitative estimate of drug-likeness (QED) is 0.713. The third-order valence-corrected chi connectivity index (χ3v) is 4.18. The molecule has 0 atom stereocenters. The molecule has 0 aliphatic carbocycles. The van der Waals surface area contributed by atoms with Crippen LogP contribution in [0.4, 0.5) is 19.0 Å². The molecule has 0 aliphatic rings. The van der Waals surface area contributed by atoms with E-state index in [9.17, 15) is 18.0 Å². The molecule has 0 radical (unpaired) electrons. The maximum atomic E-state index is 13.2. The largest absolute Gasteiger partial charge is 0.416 e. The fourth-order valence-electron chi connectivity index (χ4n) is 2.79. The Morgan fingerprint density at radius 1 is 1.11 bits per heavy atom. The minimum absolute atomic E-state index is 0.0463. The Balaban J connectivity index is 1.78. The van der Waals surface area contributed by atoms with Crippen molar-refractivity contribution < 1.29 is 18.0 Å². The fourth-order valence-corrected chi connectivity index (χ4v) is 2.79. The SMILES string of the molecule is Cc1ccc(Cn2ccc(NC(=O)c3ccccc3C)n2)c(C(F)(F)F)c1. The smallest absolute Gasteiger partial charge is 0.305 e. The second-order valence-electron chi connectivity index (χ2n) is 6.33.